The van der Waals surface area contributed by atoms with Gasteiger partial charge >= 0.3 is 5.97 Å². The van der Waals surface area contributed by atoms with Gasteiger partial charge in [-0.1, -0.05) is 12.1 Å². The number of carboxylic acids is 1. The van der Waals surface area contributed by atoms with E-state index in [0.29, 0.717) is 6.42 Å². The highest BCUT2D eigenvalue weighted by atomic mass is 19.1. The van der Waals surface area contributed by atoms with Gasteiger partial charge in [-0.05, 0) is 31.2 Å². The van der Waals surface area contributed by atoms with Crippen LogP contribution in [0.2, 0.25) is 0 Å². The van der Waals surface area contributed by atoms with Crippen LogP contribution in [0.25, 0.3) is 0 Å². The van der Waals surface area contributed by atoms with Crippen molar-refractivity contribution < 1.29 is 14.3 Å². The van der Waals surface area contributed by atoms with Crippen molar-refractivity contribution in [2.45, 2.75) is 12.5 Å². The normalized spacial score (nSPS) is 19.3. The minimum atomic E-state index is -0.811. The summed E-state index contributed by atoms with van der Waals surface area (Å²) in [5.41, 5.74) is 0.854. The molecule has 1 aliphatic rings. The largest absolute Gasteiger partial charge is 0.480 e. The minimum Gasteiger partial charge on any atom is -0.480 e. The molecule has 2 rings (SSSR count). The second-order valence-electron chi connectivity index (χ2n) is 5.02. The van der Waals surface area contributed by atoms with Gasteiger partial charge in [0.05, 0.1) is 0 Å². The van der Waals surface area contributed by atoms with Gasteiger partial charge < -0.3 is 10.0 Å². The molecule has 0 amide bonds. The number of piperazine rings is 1. The van der Waals surface area contributed by atoms with E-state index in [4.69, 9.17) is 0 Å². The second-order valence-corrected chi connectivity index (χ2v) is 5.02. The summed E-state index contributed by atoms with van der Waals surface area (Å²) in [6.45, 7) is 3.28. The average Bonchev–Trinajstić information content (AvgIpc) is 2.39. The van der Waals surface area contributed by atoms with E-state index in [1.54, 1.807) is 12.1 Å². The van der Waals surface area contributed by atoms with Crippen molar-refractivity contribution in [2.24, 2.45) is 0 Å². The number of benzene rings is 1. The third-order valence-corrected chi connectivity index (χ3v) is 3.61. The number of carbonyl (C=O) groups is 1. The summed E-state index contributed by atoms with van der Waals surface area (Å²) in [4.78, 5) is 15.6. The van der Waals surface area contributed by atoms with Gasteiger partial charge in [-0.25, -0.2) is 4.39 Å². The predicted octanol–water partition coefficient (Wildman–Crippen LogP) is 1.07. The zero-order valence-electron chi connectivity index (χ0n) is 11.1. The number of rotatable bonds is 4. The number of nitrogens with zero attached hydrogens (tertiary/aromatic N) is 2. The molecule has 0 spiro atoms. The van der Waals surface area contributed by atoms with Crippen molar-refractivity contribution in [3.63, 3.8) is 0 Å². The molecule has 0 aliphatic carbocycles. The van der Waals surface area contributed by atoms with Crippen molar-refractivity contribution in [3.05, 3.63) is 35.6 Å². The zero-order chi connectivity index (χ0) is 13.8. The first kappa shape index (κ1) is 14.0. The molecule has 1 aromatic carbocycles. The molecular weight excluding hydrogens is 247 g/mol. The highest BCUT2D eigenvalue weighted by molar-refractivity contribution is 5.74. The molecule has 4 nitrogen and oxygen atoms in total. The van der Waals surface area contributed by atoms with Crippen LogP contribution < -0.4 is 0 Å². The maximum Gasteiger partial charge on any atom is 0.321 e. The molecular formula is C14H19FN2O2. The molecule has 1 fully saturated rings. The molecule has 5 heteroatoms. The van der Waals surface area contributed by atoms with Crippen LogP contribution in [-0.4, -0.2) is 60.1 Å². The van der Waals surface area contributed by atoms with Crippen molar-refractivity contribution in [3.8, 4) is 0 Å². The van der Waals surface area contributed by atoms with Crippen LogP contribution in [-0.2, 0) is 11.2 Å². The third kappa shape index (κ3) is 3.75. The fourth-order valence-electron chi connectivity index (χ4n) is 2.35. The summed E-state index contributed by atoms with van der Waals surface area (Å²) < 4.78 is 12.8. The Kier molecular flexibility index (Phi) is 4.50. The highest BCUT2D eigenvalue weighted by Crippen LogP contribution is 2.13. The number of halogens is 1. The Morgan fingerprint density at radius 1 is 1.26 bits per heavy atom. The summed E-state index contributed by atoms with van der Waals surface area (Å²) in [6, 6.07) is 5.53. The van der Waals surface area contributed by atoms with E-state index >= 15 is 0 Å². The van der Waals surface area contributed by atoms with Crippen LogP contribution in [0.4, 0.5) is 4.39 Å². The maximum absolute atomic E-state index is 12.8. The summed E-state index contributed by atoms with van der Waals surface area (Å²) in [7, 11) is 2.03. The van der Waals surface area contributed by atoms with Gasteiger partial charge in [0.2, 0.25) is 0 Å². The SMILES string of the molecule is CN1CCN([C@H](Cc2ccc(F)cc2)C(=O)O)CC1. The first-order chi connectivity index (χ1) is 9.06. The van der Waals surface area contributed by atoms with Crippen LogP contribution in [0.5, 0.6) is 0 Å². The quantitative estimate of drug-likeness (QED) is 0.885. The van der Waals surface area contributed by atoms with Crippen LogP contribution in [0.3, 0.4) is 0 Å². The van der Waals surface area contributed by atoms with Gasteiger partial charge in [0.25, 0.3) is 0 Å². The van der Waals surface area contributed by atoms with Crippen molar-refractivity contribution in [1.29, 1.82) is 0 Å². The fourth-order valence-corrected chi connectivity index (χ4v) is 2.35. The van der Waals surface area contributed by atoms with Crippen molar-refractivity contribution >= 4 is 5.97 Å². The van der Waals surface area contributed by atoms with E-state index in [2.05, 4.69) is 4.90 Å². The van der Waals surface area contributed by atoms with Gasteiger partial charge in [0, 0.05) is 26.2 Å². The zero-order valence-corrected chi connectivity index (χ0v) is 11.1. The average molecular weight is 266 g/mol. The number of likely N-dealkylation sites (N-methyl/N-ethyl adjacent to an activating group) is 1. The van der Waals surface area contributed by atoms with E-state index in [-0.39, 0.29) is 5.82 Å². The molecule has 0 bridgehead atoms. The highest BCUT2D eigenvalue weighted by Gasteiger charge is 2.28. The van der Waals surface area contributed by atoms with Gasteiger partial charge in [0.1, 0.15) is 11.9 Å². The standard InChI is InChI=1S/C14H19FN2O2/c1-16-6-8-17(9-7-16)13(14(18)19)10-11-2-4-12(15)5-3-11/h2-5,13H,6-10H2,1H3,(H,18,19)/t13-/m1/s1. The van der Waals surface area contributed by atoms with Crippen LogP contribution in [0.1, 0.15) is 5.56 Å². The molecule has 1 aromatic rings. The molecule has 1 N–H and O–H groups in total. The summed E-state index contributed by atoms with van der Waals surface area (Å²) in [5.74, 6) is -1.11. The molecule has 1 saturated heterocycles. The smallest absolute Gasteiger partial charge is 0.321 e. The van der Waals surface area contributed by atoms with Crippen LogP contribution in [0, 0.1) is 5.82 Å². The summed E-state index contributed by atoms with van der Waals surface area (Å²) in [6.07, 6.45) is 0.416. The molecule has 0 saturated carbocycles. The lowest BCUT2D eigenvalue weighted by atomic mass is 10.0. The lowest BCUT2D eigenvalue weighted by Gasteiger charge is -2.36. The number of hydrogen-bond donors (Lipinski definition) is 1. The summed E-state index contributed by atoms with van der Waals surface area (Å²) >= 11 is 0. The Hall–Kier alpha value is -1.46. The molecule has 104 valence electrons. The van der Waals surface area contributed by atoms with Crippen LogP contribution in [0.15, 0.2) is 24.3 Å². The fraction of sp³-hybridized carbons (Fsp3) is 0.500. The van der Waals surface area contributed by atoms with Gasteiger partial charge in [-0.2, -0.15) is 0 Å². The monoisotopic (exact) mass is 266 g/mol. The first-order valence-corrected chi connectivity index (χ1v) is 6.46. The maximum atomic E-state index is 12.8. The number of carboxylic acid groups (broad SMARTS) is 1. The summed E-state index contributed by atoms with van der Waals surface area (Å²) in [5, 5.41) is 9.38. The minimum absolute atomic E-state index is 0.296. The topological polar surface area (TPSA) is 43.8 Å². The second kappa shape index (κ2) is 6.12. The molecule has 1 atom stereocenters. The van der Waals surface area contributed by atoms with Crippen LogP contribution >= 0.6 is 0 Å². The van der Waals surface area contributed by atoms with E-state index in [1.165, 1.54) is 12.1 Å². The van der Waals surface area contributed by atoms with Crippen molar-refractivity contribution in [2.75, 3.05) is 33.2 Å². The molecule has 1 heterocycles. The van der Waals surface area contributed by atoms with Gasteiger partial charge in [-0.3, -0.25) is 9.69 Å². The Morgan fingerprint density at radius 2 is 1.84 bits per heavy atom. The van der Waals surface area contributed by atoms with E-state index in [1.807, 2.05) is 11.9 Å². The lowest BCUT2D eigenvalue weighted by Crippen LogP contribution is -2.52. The Bertz CT molecular complexity index is 428. The molecule has 19 heavy (non-hydrogen) atoms. The van der Waals surface area contributed by atoms with Gasteiger partial charge in [-0.15, -0.1) is 0 Å². The predicted molar refractivity (Wildman–Crippen MR) is 70.6 cm³/mol. The number of hydrogen-bond acceptors (Lipinski definition) is 3. The van der Waals surface area contributed by atoms with Gasteiger partial charge in [0.15, 0.2) is 0 Å². The first-order valence-electron chi connectivity index (χ1n) is 6.46. The lowest BCUT2D eigenvalue weighted by molar-refractivity contribution is -0.144. The van der Waals surface area contributed by atoms with E-state index in [9.17, 15) is 14.3 Å². The molecule has 0 unspecified atom stereocenters. The van der Waals surface area contributed by atoms with Crippen molar-refractivity contribution in [1.82, 2.24) is 9.80 Å². The Morgan fingerprint density at radius 3 is 2.37 bits per heavy atom. The third-order valence-electron chi connectivity index (χ3n) is 3.61. The Labute approximate surface area is 112 Å². The molecule has 0 aromatic heterocycles. The number of aliphatic carboxylic acids is 1. The molecule has 0 radical (unpaired) electrons. The Balaban J connectivity index is 2.04. The van der Waals surface area contributed by atoms with E-state index in [0.717, 1.165) is 31.7 Å². The molecule has 1 aliphatic heterocycles. The van der Waals surface area contributed by atoms with E-state index < -0.39 is 12.0 Å².